The molecule has 0 bridgehead atoms. The maximum Gasteiger partial charge on any atom is 0.305 e. The molecule has 0 saturated carbocycles. The van der Waals surface area contributed by atoms with Crippen molar-refractivity contribution < 1.29 is 52.2 Å². The van der Waals surface area contributed by atoms with Crippen molar-refractivity contribution >= 4 is 41.0 Å². The van der Waals surface area contributed by atoms with E-state index in [1.807, 2.05) is 70.2 Å². The molecule has 0 spiro atoms. The molecule has 0 aromatic carbocycles. The number of Topliss-reactive ketones (excluding diaryl/α,β-unsaturated/α-hetero) is 4. The van der Waals surface area contributed by atoms with Gasteiger partial charge in [-0.15, -0.1) is 97.1 Å². The molecule has 1 atom stereocenters. The van der Waals surface area contributed by atoms with Gasteiger partial charge in [-0.1, -0.05) is 138 Å². The highest BCUT2D eigenvalue weighted by atomic mass is 19.1. The first-order valence-electron chi connectivity index (χ1n) is 37.1. The number of allylic oxidation sites excluding steroid dienone is 11. The number of unbranched alkanes of at least 4 members (excludes halogenated alkanes) is 25. The number of carbonyl (C=O) groups is 7. The third kappa shape index (κ3) is 188. The molecule has 0 aliphatic carbocycles. The van der Waals surface area contributed by atoms with Crippen LogP contribution in [0.15, 0.2) is 139 Å². The van der Waals surface area contributed by atoms with E-state index in [9.17, 15) is 38.0 Å². The molecule has 0 N–H and O–H groups in total. The predicted molar refractivity (Wildman–Crippen MR) is 433 cm³/mol. The second-order valence-electron chi connectivity index (χ2n) is 23.1. The number of rotatable bonds is 53. The van der Waals surface area contributed by atoms with Crippen LogP contribution in [0.1, 0.15) is 332 Å². The Morgan fingerprint density at radius 2 is 0.576 bits per heavy atom. The fraction of sp³-hybridized carbons (Fsp3) is 0.625. The van der Waals surface area contributed by atoms with Crippen LogP contribution in [0.3, 0.4) is 0 Å². The van der Waals surface area contributed by atoms with Gasteiger partial charge < -0.3 is 33.4 Å². The van der Waals surface area contributed by atoms with Crippen molar-refractivity contribution in [2.45, 2.75) is 338 Å². The van der Waals surface area contributed by atoms with E-state index in [1.54, 1.807) is 52.0 Å². The van der Waals surface area contributed by atoms with E-state index in [1.165, 1.54) is 103 Å². The molecule has 0 aliphatic heterocycles. The topological polar surface area (TPSA) is 147 Å². The summed E-state index contributed by atoms with van der Waals surface area (Å²) in [5, 5.41) is 0. The van der Waals surface area contributed by atoms with Crippen LogP contribution in [-0.4, -0.2) is 67.0 Å². The summed E-state index contributed by atoms with van der Waals surface area (Å²) in [7, 11) is 0. The predicted octanol–water partition coefficient (Wildman–Crippen LogP) is 26.0. The van der Waals surface area contributed by atoms with Crippen LogP contribution in [0.4, 0.5) is 4.39 Å². The fourth-order valence-corrected chi connectivity index (χ4v) is 7.09. The Morgan fingerprint density at radius 3 is 0.818 bits per heavy atom. The van der Waals surface area contributed by atoms with E-state index in [0.29, 0.717) is 55.6 Å². The van der Waals surface area contributed by atoms with Gasteiger partial charge in [0.1, 0.15) is 35.9 Å². The highest BCUT2D eigenvalue weighted by Gasteiger charge is 2.05. The highest BCUT2D eigenvalue weighted by molar-refractivity contribution is 5.76. The summed E-state index contributed by atoms with van der Waals surface area (Å²) in [5.41, 5.74) is 0. The van der Waals surface area contributed by atoms with E-state index in [2.05, 4.69) is 88.9 Å². The second kappa shape index (κ2) is 121. The van der Waals surface area contributed by atoms with Gasteiger partial charge in [-0.2, -0.15) is 0 Å². The molecule has 11 heteroatoms. The first-order valence-corrected chi connectivity index (χ1v) is 37.1. The molecule has 0 heterocycles. The van der Waals surface area contributed by atoms with E-state index in [-0.39, 0.29) is 24.5 Å². The van der Waals surface area contributed by atoms with Gasteiger partial charge in [-0.05, 0) is 203 Å². The SMILES string of the molecule is C#CCCC=C.C#CCCCCCC=C.C=CC.C=CC.C=CCCCC(=O)OCC.C=CCCCC(=O)OCC(C)F.C=CCCCC(=O)OCCC.C=CCCCCC(C)=O.C=CCCCCCCC(C)=O.C=CCCCCCCC(C)=O.C=CCCCCCCCCCC(C)=O. The van der Waals surface area contributed by atoms with Gasteiger partial charge in [0.15, 0.2) is 0 Å². The monoisotopic (exact) mass is 1390 g/mol. The summed E-state index contributed by atoms with van der Waals surface area (Å²) >= 11 is 0. The maximum atomic E-state index is 12.2. The molecule has 0 radical (unpaired) electrons. The van der Waals surface area contributed by atoms with Crippen LogP contribution in [0, 0.1) is 24.7 Å². The van der Waals surface area contributed by atoms with Crippen LogP contribution in [-0.2, 0) is 47.8 Å². The second-order valence-corrected chi connectivity index (χ2v) is 23.1. The van der Waals surface area contributed by atoms with Crippen LogP contribution < -0.4 is 0 Å². The summed E-state index contributed by atoms with van der Waals surface area (Å²) in [6, 6.07) is 0. The van der Waals surface area contributed by atoms with Crippen molar-refractivity contribution in [3.05, 3.63) is 139 Å². The summed E-state index contributed by atoms with van der Waals surface area (Å²) in [6.45, 7) is 55.6. The van der Waals surface area contributed by atoms with Crippen molar-refractivity contribution in [3.8, 4) is 24.7 Å². The van der Waals surface area contributed by atoms with Gasteiger partial charge >= 0.3 is 17.9 Å². The molecule has 0 aliphatic rings. The lowest BCUT2D eigenvalue weighted by molar-refractivity contribution is -0.145. The van der Waals surface area contributed by atoms with E-state index in [4.69, 9.17) is 22.3 Å². The maximum absolute atomic E-state index is 12.2. The molecule has 0 saturated heterocycles. The number of ketones is 4. The lowest BCUT2D eigenvalue weighted by Crippen LogP contribution is -2.11. The molecule has 0 fully saturated rings. The summed E-state index contributed by atoms with van der Waals surface area (Å²) in [4.78, 5) is 74.3. The number of alkyl halides is 1. The molecule has 10 nitrogen and oxygen atoms in total. The molecule has 0 aromatic rings. The average Bonchev–Trinajstić information content (AvgIpc) is 3.71. The number of esters is 3. The van der Waals surface area contributed by atoms with Gasteiger partial charge in [0.05, 0.1) is 13.2 Å². The van der Waals surface area contributed by atoms with E-state index in [0.717, 1.165) is 154 Å². The van der Waals surface area contributed by atoms with Gasteiger partial charge in [-0.25, -0.2) is 4.39 Å². The van der Waals surface area contributed by atoms with Gasteiger partial charge in [0.25, 0.3) is 0 Å². The number of hydrogen-bond donors (Lipinski definition) is 0. The first kappa shape index (κ1) is 116. The first-order chi connectivity index (χ1) is 47.5. The molecule has 0 aromatic heterocycles. The summed E-state index contributed by atoms with van der Waals surface area (Å²) in [6.07, 6.45) is 71.9. The Labute approximate surface area is 612 Å². The zero-order chi connectivity index (χ0) is 77.8. The number of hydrogen-bond acceptors (Lipinski definition) is 10. The minimum Gasteiger partial charge on any atom is -0.466 e. The summed E-state index contributed by atoms with van der Waals surface area (Å²) in [5.74, 6) is 5.84. The molecule has 1 unspecified atom stereocenters. The lowest BCUT2D eigenvalue weighted by atomic mass is 10.1. The zero-order valence-corrected chi connectivity index (χ0v) is 65.6. The highest BCUT2D eigenvalue weighted by Crippen LogP contribution is 2.11. The molecular weight excluding hydrogens is 1240 g/mol. The Morgan fingerprint density at radius 1 is 0.343 bits per heavy atom. The van der Waals surface area contributed by atoms with E-state index >= 15 is 0 Å². The minimum atomic E-state index is -1.08. The Hall–Kier alpha value is -6.72. The van der Waals surface area contributed by atoms with Gasteiger partial charge in [-0.3, -0.25) is 14.4 Å². The van der Waals surface area contributed by atoms with Crippen molar-refractivity contribution in [1.29, 1.82) is 0 Å². The largest absolute Gasteiger partial charge is 0.466 e. The Balaban J connectivity index is -0.0000000973. The van der Waals surface area contributed by atoms with Gasteiger partial charge in [0.2, 0.25) is 0 Å². The average molecular weight is 1390 g/mol. The van der Waals surface area contributed by atoms with E-state index < -0.39 is 6.17 Å². The Bertz CT molecular complexity index is 1910. The lowest BCUT2D eigenvalue weighted by Gasteiger charge is -2.03. The number of ether oxygens (including phenoxy) is 3. The molecule has 0 amide bonds. The third-order valence-electron chi connectivity index (χ3n) is 12.3. The molecule has 0 rings (SSSR count). The fourth-order valence-electron chi connectivity index (χ4n) is 7.09. The van der Waals surface area contributed by atoms with Crippen molar-refractivity contribution in [3.63, 3.8) is 0 Å². The smallest absolute Gasteiger partial charge is 0.305 e. The minimum absolute atomic E-state index is 0.0892. The number of carbonyl (C=O) groups excluding carboxylic acids is 7. The zero-order valence-electron chi connectivity index (χ0n) is 65.6. The standard InChI is InChI=1S/C13H24O.2C10H18O.C9H15FO2.C9H16O2.C9H14.C8H14O2.C8H14O.C6H8.2C3H6/c1-3-4-5-6-7-8-9-10-11-12-13(2)14;2*1-3-4-5-6-7-8-9-10(2)11;1-3-4-5-6-9(11)12-7-8(2)10;1-3-5-6-7-9(10)11-8-4-2;1-3-5-7-9-8-6-4-2;1-3-5-6-7-8(9)10-4-2;1-3-4-5-6-7-8(2)9;1-3-5-6-4-2;2*1-3-2/h3H,1,4-12H2,2H3;2*3H,1,4-9H2,2H3;3,8H,1,4-7H2,2H3;3H,1,4-8H2,2H3;1,4H,2,5-9H2;3H,1,4-7H2,2H3;3H,1,4-7H2,2H3;1,4H,2,5-6H2;2*3H,1H2,2H3. The number of halogens is 1. The van der Waals surface area contributed by atoms with Crippen molar-refractivity contribution in [1.82, 2.24) is 0 Å². The summed E-state index contributed by atoms with van der Waals surface area (Å²) < 4.78 is 26.3. The van der Waals surface area contributed by atoms with Crippen molar-refractivity contribution in [2.24, 2.45) is 0 Å². The number of terminal acetylenes is 2. The molecule has 99 heavy (non-hydrogen) atoms. The van der Waals surface area contributed by atoms with Gasteiger partial charge in [0, 0.05) is 57.8 Å². The molecular formula is C88H153FO10. The van der Waals surface area contributed by atoms with Crippen LogP contribution >= 0.6 is 0 Å². The van der Waals surface area contributed by atoms with Crippen LogP contribution in [0.2, 0.25) is 0 Å². The quantitative estimate of drug-likeness (QED) is 0.0189. The third-order valence-corrected chi connectivity index (χ3v) is 12.3. The molecule has 572 valence electrons. The van der Waals surface area contributed by atoms with Crippen molar-refractivity contribution in [2.75, 3.05) is 19.8 Å². The van der Waals surface area contributed by atoms with Crippen LogP contribution in [0.25, 0.3) is 0 Å². The Kier molecular flexibility index (Phi) is 143. The normalized spacial score (nSPS) is 9.17. The van der Waals surface area contributed by atoms with Crippen LogP contribution in [0.5, 0.6) is 0 Å².